The van der Waals surface area contributed by atoms with E-state index >= 15 is 0 Å². The number of aliphatic carboxylic acids is 1. The number of carbonyl (C=O) groups excluding carboxylic acids is 1. The fraction of sp³-hybridized carbons (Fsp3) is 0.900. The van der Waals surface area contributed by atoms with Gasteiger partial charge in [-0.2, -0.15) is 0 Å². The van der Waals surface area contributed by atoms with E-state index in [1.807, 2.05) is 6.92 Å². The Bertz CT molecular complexity index is 560. The van der Waals surface area contributed by atoms with Crippen LogP contribution in [0.15, 0.2) is 0 Å². The zero-order chi connectivity index (χ0) is 18.5. The Morgan fingerprint density at radius 3 is 2.44 bits per heavy atom. The molecule has 0 heterocycles. The van der Waals surface area contributed by atoms with Gasteiger partial charge < -0.3 is 14.9 Å². The summed E-state index contributed by atoms with van der Waals surface area (Å²) >= 11 is 0. The second-order valence-corrected chi connectivity index (χ2v) is 9.28. The van der Waals surface area contributed by atoms with Gasteiger partial charge in [0.25, 0.3) is 0 Å². The van der Waals surface area contributed by atoms with Crippen LogP contribution in [0.3, 0.4) is 0 Å². The highest BCUT2D eigenvalue weighted by atomic mass is 16.5. The molecule has 0 aliphatic heterocycles. The minimum Gasteiger partial charge on any atom is -0.481 e. The van der Waals surface area contributed by atoms with Crippen molar-refractivity contribution in [3.05, 3.63) is 0 Å². The first-order chi connectivity index (χ1) is 11.7. The first-order valence-corrected chi connectivity index (χ1v) is 9.66. The summed E-state index contributed by atoms with van der Waals surface area (Å²) in [5.74, 6) is -0.413. The van der Waals surface area contributed by atoms with Gasteiger partial charge in [0.15, 0.2) is 0 Å². The molecule has 3 rings (SSSR count). The molecule has 3 aliphatic rings. The predicted molar refractivity (Wildman–Crippen MR) is 92.8 cm³/mol. The molecule has 25 heavy (non-hydrogen) atoms. The van der Waals surface area contributed by atoms with Gasteiger partial charge in [-0.3, -0.25) is 9.59 Å². The largest absolute Gasteiger partial charge is 0.481 e. The second kappa shape index (κ2) is 6.26. The standard InChI is InChI=1S/C20H32O5/c1-18-8-4-9-19(2,17(24)25-3)14(18)7-10-20(12-16(22)23)11-13(21)5-6-15(18)20/h13-15,21H,4-12H2,1-3H3,(H,22,23)/t13-,14-,15-,18+,19+,20-/m0/s1. The zero-order valence-corrected chi connectivity index (χ0v) is 15.7. The Labute approximate surface area is 150 Å². The summed E-state index contributed by atoms with van der Waals surface area (Å²) in [4.78, 5) is 24.2. The number of esters is 1. The van der Waals surface area contributed by atoms with E-state index in [1.165, 1.54) is 7.11 Å². The van der Waals surface area contributed by atoms with Crippen molar-refractivity contribution in [3.8, 4) is 0 Å². The fourth-order valence-electron chi connectivity index (χ4n) is 7.16. The molecule has 0 aromatic rings. The van der Waals surface area contributed by atoms with Gasteiger partial charge >= 0.3 is 11.9 Å². The normalized spacial score (nSPS) is 46.6. The van der Waals surface area contributed by atoms with Crippen molar-refractivity contribution >= 4 is 11.9 Å². The monoisotopic (exact) mass is 352 g/mol. The van der Waals surface area contributed by atoms with Crippen LogP contribution in [0.1, 0.15) is 71.6 Å². The van der Waals surface area contributed by atoms with Crippen molar-refractivity contribution in [3.63, 3.8) is 0 Å². The smallest absolute Gasteiger partial charge is 0.311 e. The third kappa shape index (κ3) is 2.79. The Morgan fingerprint density at radius 1 is 1.08 bits per heavy atom. The molecule has 5 heteroatoms. The first-order valence-electron chi connectivity index (χ1n) is 9.66. The van der Waals surface area contributed by atoms with Gasteiger partial charge in [0.1, 0.15) is 0 Å². The molecule has 0 spiro atoms. The van der Waals surface area contributed by atoms with Crippen LogP contribution in [0.5, 0.6) is 0 Å². The van der Waals surface area contributed by atoms with Crippen molar-refractivity contribution in [1.82, 2.24) is 0 Å². The number of carboxylic acid groups (broad SMARTS) is 1. The van der Waals surface area contributed by atoms with E-state index in [2.05, 4.69) is 6.92 Å². The summed E-state index contributed by atoms with van der Waals surface area (Å²) in [6, 6.07) is 0. The van der Waals surface area contributed by atoms with Crippen LogP contribution in [0.2, 0.25) is 0 Å². The number of ether oxygens (including phenoxy) is 1. The molecule has 0 aromatic heterocycles. The van der Waals surface area contributed by atoms with Crippen LogP contribution in [0.4, 0.5) is 0 Å². The van der Waals surface area contributed by atoms with Gasteiger partial charge in [0.05, 0.1) is 25.0 Å². The Kier molecular flexibility index (Phi) is 4.68. The molecule has 0 bridgehead atoms. The number of hydrogen-bond acceptors (Lipinski definition) is 4. The van der Waals surface area contributed by atoms with E-state index in [-0.39, 0.29) is 35.1 Å². The van der Waals surface area contributed by atoms with Crippen LogP contribution in [-0.4, -0.2) is 35.4 Å². The summed E-state index contributed by atoms with van der Waals surface area (Å²) in [6.45, 7) is 4.32. The SMILES string of the molecule is COC(=O)[C@]1(C)CCC[C@@]2(C)[C@@H]3CC[C@H](O)C[C@]3(CC(=O)O)CC[C@@H]21. The highest BCUT2D eigenvalue weighted by Crippen LogP contribution is 2.68. The maximum atomic E-state index is 12.6. The third-order valence-electron chi connectivity index (χ3n) is 8.03. The molecule has 2 N–H and O–H groups in total. The van der Waals surface area contributed by atoms with E-state index in [0.29, 0.717) is 6.42 Å². The van der Waals surface area contributed by atoms with Gasteiger partial charge in [-0.15, -0.1) is 0 Å². The van der Waals surface area contributed by atoms with Gasteiger partial charge in [0.2, 0.25) is 0 Å². The van der Waals surface area contributed by atoms with Crippen LogP contribution >= 0.6 is 0 Å². The average Bonchev–Trinajstić information content (AvgIpc) is 2.52. The molecule has 3 saturated carbocycles. The summed E-state index contributed by atoms with van der Waals surface area (Å²) in [5, 5.41) is 19.8. The van der Waals surface area contributed by atoms with Gasteiger partial charge in [0, 0.05) is 0 Å². The van der Waals surface area contributed by atoms with Gasteiger partial charge in [-0.1, -0.05) is 13.3 Å². The molecule has 0 amide bonds. The fourth-order valence-corrected chi connectivity index (χ4v) is 7.16. The number of aliphatic hydroxyl groups is 1. The summed E-state index contributed by atoms with van der Waals surface area (Å²) in [6.07, 6.45) is 6.40. The highest BCUT2D eigenvalue weighted by molar-refractivity contribution is 5.77. The molecule has 3 fully saturated rings. The molecular formula is C20H32O5. The number of fused-ring (bicyclic) bond motifs is 3. The van der Waals surface area contributed by atoms with E-state index in [4.69, 9.17) is 4.74 Å². The summed E-state index contributed by atoms with van der Waals surface area (Å²) < 4.78 is 5.16. The Hall–Kier alpha value is -1.10. The molecule has 6 atom stereocenters. The van der Waals surface area contributed by atoms with Crippen LogP contribution in [0, 0.1) is 28.1 Å². The number of rotatable bonds is 3. The van der Waals surface area contributed by atoms with Crippen molar-refractivity contribution in [2.24, 2.45) is 28.1 Å². The van der Waals surface area contributed by atoms with Crippen LogP contribution in [0.25, 0.3) is 0 Å². The molecule has 142 valence electrons. The molecule has 0 saturated heterocycles. The van der Waals surface area contributed by atoms with E-state index in [9.17, 15) is 19.8 Å². The lowest BCUT2D eigenvalue weighted by Gasteiger charge is -2.64. The maximum absolute atomic E-state index is 12.6. The second-order valence-electron chi connectivity index (χ2n) is 9.28. The van der Waals surface area contributed by atoms with E-state index < -0.39 is 17.5 Å². The van der Waals surface area contributed by atoms with Crippen molar-refractivity contribution in [1.29, 1.82) is 0 Å². The molecule has 0 unspecified atom stereocenters. The van der Waals surface area contributed by atoms with E-state index in [1.54, 1.807) is 0 Å². The lowest BCUT2D eigenvalue weighted by atomic mass is 9.40. The lowest BCUT2D eigenvalue weighted by Crippen LogP contribution is -2.60. The first kappa shape index (κ1) is 18.7. The van der Waals surface area contributed by atoms with Crippen molar-refractivity contribution < 1.29 is 24.5 Å². The highest BCUT2D eigenvalue weighted by Gasteiger charge is 2.63. The van der Waals surface area contributed by atoms with Gasteiger partial charge in [-0.05, 0) is 74.5 Å². The van der Waals surface area contributed by atoms with Gasteiger partial charge in [-0.25, -0.2) is 0 Å². The minimum absolute atomic E-state index is 0.0605. The number of hydrogen-bond donors (Lipinski definition) is 2. The molecular weight excluding hydrogens is 320 g/mol. The Morgan fingerprint density at radius 2 is 1.80 bits per heavy atom. The topological polar surface area (TPSA) is 83.8 Å². The van der Waals surface area contributed by atoms with Crippen LogP contribution < -0.4 is 0 Å². The van der Waals surface area contributed by atoms with Crippen molar-refractivity contribution in [2.75, 3.05) is 7.11 Å². The zero-order valence-electron chi connectivity index (χ0n) is 15.7. The predicted octanol–water partition coefficient (Wildman–Crippen LogP) is 3.39. The quantitative estimate of drug-likeness (QED) is 0.761. The number of methoxy groups -OCH3 is 1. The maximum Gasteiger partial charge on any atom is 0.311 e. The third-order valence-corrected chi connectivity index (χ3v) is 8.03. The average molecular weight is 352 g/mol. The van der Waals surface area contributed by atoms with E-state index in [0.717, 1.165) is 44.9 Å². The summed E-state index contributed by atoms with van der Waals surface area (Å²) in [7, 11) is 1.47. The molecule has 5 nitrogen and oxygen atoms in total. The van der Waals surface area contributed by atoms with Crippen LogP contribution in [-0.2, 0) is 14.3 Å². The number of carbonyl (C=O) groups is 2. The minimum atomic E-state index is -0.771. The molecule has 0 aromatic carbocycles. The molecule has 3 aliphatic carbocycles. The lowest BCUT2D eigenvalue weighted by molar-refractivity contribution is -0.194. The Balaban J connectivity index is 2.00. The number of aliphatic hydroxyl groups excluding tert-OH is 1. The number of carboxylic acids is 1. The van der Waals surface area contributed by atoms with Crippen molar-refractivity contribution in [2.45, 2.75) is 77.7 Å². The molecule has 0 radical (unpaired) electrons. The summed E-state index contributed by atoms with van der Waals surface area (Å²) in [5.41, 5.74) is -0.870.